The molecule has 2 aromatic heterocycles. The number of hydrogen-bond donors (Lipinski definition) is 3. The number of nitrogens with zero attached hydrogens (tertiary/aromatic N) is 4. The Kier molecular flexibility index (Phi) is 5.07. The third-order valence-corrected chi connectivity index (χ3v) is 3.66. The maximum atomic E-state index is 13.7. The first-order valence-electron chi connectivity index (χ1n) is 7.92. The molecule has 3 rings (SSSR count). The lowest BCUT2D eigenvalue weighted by Gasteiger charge is -2.11. The Morgan fingerprint density at radius 3 is 2.81 bits per heavy atom. The molecule has 26 heavy (non-hydrogen) atoms. The number of halogens is 1. The number of rotatable bonds is 7. The monoisotopic (exact) mass is 355 g/mol. The quantitative estimate of drug-likeness (QED) is 0.596. The lowest BCUT2D eigenvalue weighted by atomic mass is 10.1. The van der Waals surface area contributed by atoms with Crippen LogP contribution in [0.1, 0.15) is 15.9 Å². The molecule has 1 amide bonds. The van der Waals surface area contributed by atoms with Gasteiger partial charge in [-0.05, 0) is 18.1 Å². The number of aryl methyl sites for hydroxylation is 1. The van der Waals surface area contributed by atoms with Crippen molar-refractivity contribution in [2.75, 3.05) is 17.2 Å². The van der Waals surface area contributed by atoms with Gasteiger partial charge in [0.15, 0.2) is 0 Å². The molecule has 3 aromatic rings. The predicted octanol–water partition coefficient (Wildman–Crippen LogP) is 1.85. The maximum absolute atomic E-state index is 13.7. The largest absolute Gasteiger partial charge is 0.369 e. The number of hydrogen-bond acceptors (Lipinski definition) is 6. The lowest BCUT2D eigenvalue weighted by molar-refractivity contribution is 0.100. The molecule has 1 aromatic carbocycles. The molecule has 0 radical (unpaired) electrons. The third kappa shape index (κ3) is 4.12. The zero-order valence-electron chi connectivity index (χ0n) is 14.1. The van der Waals surface area contributed by atoms with Crippen LogP contribution in [-0.2, 0) is 13.5 Å². The van der Waals surface area contributed by atoms with Crippen molar-refractivity contribution in [3.05, 3.63) is 59.8 Å². The summed E-state index contributed by atoms with van der Waals surface area (Å²) in [5.74, 6) is -0.344. The molecule has 0 unspecified atom stereocenters. The first-order chi connectivity index (χ1) is 12.5. The molecule has 0 spiro atoms. The summed E-state index contributed by atoms with van der Waals surface area (Å²) in [6.07, 6.45) is 5.16. The summed E-state index contributed by atoms with van der Waals surface area (Å²) in [6.45, 7) is 0.380. The summed E-state index contributed by atoms with van der Waals surface area (Å²) in [4.78, 5) is 20.0. The van der Waals surface area contributed by atoms with Crippen LogP contribution in [0.4, 0.5) is 21.8 Å². The minimum absolute atomic E-state index is 0.162. The summed E-state index contributed by atoms with van der Waals surface area (Å²) in [5.41, 5.74) is 6.81. The highest BCUT2D eigenvalue weighted by atomic mass is 19.1. The summed E-state index contributed by atoms with van der Waals surface area (Å²) in [7, 11) is 1.79. The number of carbonyl (C=O) groups excluding carboxylic acids is 1. The van der Waals surface area contributed by atoms with E-state index in [1.165, 1.54) is 12.3 Å². The number of amides is 1. The van der Waals surface area contributed by atoms with E-state index in [0.717, 1.165) is 0 Å². The van der Waals surface area contributed by atoms with Gasteiger partial charge in [-0.15, -0.1) is 0 Å². The minimum atomic E-state index is -0.647. The van der Waals surface area contributed by atoms with Crippen LogP contribution in [0.5, 0.6) is 0 Å². The van der Waals surface area contributed by atoms with Crippen LogP contribution < -0.4 is 16.4 Å². The highest BCUT2D eigenvalue weighted by Crippen LogP contribution is 2.17. The molecule has 0 saturated heterocycles. The molecule has 8 nitrogen and oxygen atoms in total. The van der Waals surface area contributed by atoms with Crippen LogP contribution in [0.2, 0.25) is 0 Å². The maximum Gasteiger partial charge on any atom is 0.254 e. The Hall–Kier alpha value is -3.49. The van der Waals surface area contributed by atoms with Crippen LogP contribution in [-0.4, -0.2) is 32.2 Å². The van der Waals surface area contributed by atoms with Gasteiger partial charge in [0.1, 0.15) is 11.6 Å². The molecule has 0 saturated carbocycles. The van der Waals surface area contributed by atoms with Gasteiger partial charge in [-0.3, -0.25) is 9.48 Å². The second-order valence-corrected chi connectivity index (χ2v) is 5.62. The molecule has 0 aliphatic carbocycles. The van der Waals surface area contributed by atoms with E-state index in [9.17, 15) is 9.18 Å². The first kappa shape index (κ1) is 17.3. The van der Waals surface area contributed by atoms with E-state index >= 15 is 0 Å². The van der Waals surface area contributed by atoms with Gasteiger partial charge in [-0.2, -0.15) is 10.1 Å². The number of nitrogens with one attached hydrogen (secondary N) is 2. The standard InChI is InChI=1S/C17H18FN7O/c1-25-10-12(8-22-25)23-17-21-9-13(15(19)26)16(24-17)20-7-6-11-4-2-3-5-14(11)18/h2-5,8-10H,6-7H2,1H3,(H2,19,26)(H2,20,21,23,24). The van der Waals surface area contributed by atoms with Gasteiger partial charge in [0.2, 0.25) is 5.95 Å². The second kappa shape index (κ2) is 7.60. The normalized spacial score (nSPS) is 10.5. The van der Waals surface area contributed by atoms with Gasteiger partial charge in [0, 0.05) is 26.0 Å². The molecule has 0 fully saturated rings. The molecular weight excluding hydrogens is 337 g/mol. The van der Waals surface area contributed by atoms with Crippen molar-refractivity contribution in [1.82, 2.24) is 19.7 Å². The second-order valence-electron chi connectivity index (χ2n) is 5.62. The van der Waals surface area contributed by atoms with E-state index in [1.54, 1.807) is 42.3 Å². The van der Waals surface area contributed by atoms with E-state index in [0.29, 0.717) is 24.2 Å². The van der Waals surface area contributed by atoms with Crippen LogP contribution in [0.3, 0.4) is 0 Å². The molecule has 4 N–H and O–H groups in total. The van der Waals surface area contributed by atoms with Crippen molar-refractivity contribution >= 4 is 23.4 Å². The van der Waals surface area contributed by atoms with Crippen molar-refractivity contribution in [3.8, 4) is 0 Å². The fourth-order valence-corrected chi connectivity index (χ4v) is 2.39. The topological polar surface area (TPSA) is 111 Å². The average molecular weight is 355 g/mol. The number of nitrogens with two attached hydrogens (primary N) is 1. The number of aromatic nitrogens is 4. The fourth-order valence-electron chi connectivity index (χ4n) is 2.39. The van der Waals surface area contributed by atoms with Crippen molar-refractivity contribution in [1.29, 1.82) is 0 Å². The van der Waals surface area contributed by atoms with Gasteiger partial charge >= 0.3 is 0 Å². The predicted molar refractivity (Wildman–Crippen MR) is 95.6 cm³/mol. The molecule has 0 bridgehead atoms. The van der Waals surface area contributed by atoms with Gasteiger partial charge < -0.3 is 16.4 Å². The van der Waals surface area contributed by atoms with E-state index < -0.39 is 5.91 Å². The highest BCUT2D eigenvalue weighted by molar-refractivity contribution is 5.97. The highest BCUT2D eigenvalue weighted by Gasteiger charge is 2.13. The Morgan fingerprint density at radius 1 is 1.31 bits per heavy atom. The van der Waals surface area contributed by atoms with E-state index in [1.807, 2.05) is 0 Å². The number of benzene rings is 1. The Balaban J connectivity index is 1.74. The van der Waals surface area contributed by atoms with E-state index in [4.69, 9.17) is 5.73 Å². The first-order valence-corrected chi connectivity index (χ1v) is 7.92. The summed E-state index contributed by atoms with van der Waals surface area (Å²) in [5, 5.41) is 10.1. The Morgan fingerprint density at radius 2 is 2.12 bits per heavy atom. The van der Waals surface area contributed by atoms with E-state index in [2.05, 4.69) is 25.7 Å². The number of anilines is 3. The van der Waals surface area contributed by atoms with E-state index in [-0.39, 0.29) is 23.1 Å². The smallest absolute Gasteiger partial charge is 0.254 e. The summed E-state index contributed by atoms with van der Waals surface area (Å²) >= 11 is 0. The van der Waals surface area contributed by atoms with Crippen LogP contribution in [0, 0.1) is 5.82 Å². The zero-order valence-corrected chi connectivity index (χ0v) is 14.1. The van der Waals surface area contributed by atoms with Crippen molar-refractivity contribution in [2.45, 2.75) is 6.42 Å². The SMILES string of the molecule is Cn1cc(Nc2ncc(C(N)=O)c(NCCc3ccccc3F)n2)cn1. The molecule has 9 heteroatoms. The van der Waals surface area contributed by atoms with Crippen molar-refractivity contribution < 1.29 is 9.18 Å². The van der Waals surface area contributed by atoms with Crippen LogP contribution in [0.15, 0.2) is 42.9 Å². The molecular formula is C17H18FN7O. The summed E-state index contributed by atoms with van der Waals surface area (Å²) in [6, 6.07) is 6.53. The zero-order chi connectivity index (χ0) is 18.5. The van der Waals surface area contributed by atoms with Crippen molar-refractivity contribution in [2.24, 2.45) is 12.8 Å². The number of carbonyl (C=O) groups is 1. The third-order valence-electron chi connectivity index (χ3n) is 3.66. The van der Waals surface area contributed by atoms with Gasteiger partial charge in [-0.1, -0.05) is 18.2 Å². The van der Waals surface area contributed by atoms with Gasteiger partial charge in [0.05, 0.1) is 17.4 Å². The lowest BCUT2D eigenvalue weighted by Crippen LogP contribution is -2.18. The minimum Gasteiger partial charge on any atom is -0.369 e. The van der Waals surface area contributed by atoms with Gasteiger partial charge in [0.25, 0.3) is 5.91 Å². The average Bonchev–Trinajstić information content (AvgIpc) is 3.01. The molecule has 0 aliphatic heterocycles. The van der Waals surface area contributed by atoms with Crippen molar-refractivity contribution in [3.63, 3.8) is 0 Å². The Bertz CT molecular complexity index is 925. The van der Waals surface area contributed by atoms with Gasteiger partial charge in [-0.25, -0.2) is 9.37 Å². The Labute approximate surface area is 149 Å². The molecule has 2 heterocycles. The molecule has 0 atom stereocenters. The molecule has 0 aliphatic rings. The fraction of sp³-hybridized carbons (Fsp3) is 0.176. The summed E-state index contributed by atoms with van der Waals surface area (Å²) < 4.78 is 15.3. The number of primary amides is 1. The van der Waals surface area contributed by atoms with Crippen LogP contribution >= 0.6 is 0 Å². The molecule has 134 valence electrons. The van der Waals surface area contributed by atoms with Crippen LogP contribution in [0.25, 0.3) is 0 Å².